The number of carbonyl (C=O) groups is 1. The number of aryl methyl sites for hydroxylation is 1. The third-order valence-corrected chi connectivity index (χ3v) is 3.00. The number of aromatic amines is 1. The Hall–Kier alpha value is -2.70. The first kappa shape index (κ1) is 13.7. The van der Waals surface area contributed by atoms with Crippen LogP contribution in [0.2, 0.25) is 0 Å². The predicted octanol–water partition coefficient (Wildman–Crippen LogP) is 1.90. The molecule has 2 aromatic rings. The highest BCUT2D eigenvalue weighted by Crippen LogP contribution is 2.20. The number of amides is 1. The van der Waals surface area contributed by atoms with Gasteiger partial charge in [-0.3, -0.25) is 20.0 Å². The second-order valence-corrected chi connectivity index (χ2v) is 4.46. The van der Waals surface area contributed by atoms with Crippen LogP contribution in [-0.2, 0) is 6.54 Å². The van der Waals surface area contributed by atoms with Gasteiger partial charge in [-0.25, -0.2) is 0 Å². The minimum absolute atomic E-state index is 0.0102. The Morgan fingerprint density at radius 3 is 2.75 bits per heavy atom. The first-order valence-corrected chi connectivity index (χ1v) is 5.98. The van der Waals surface area contributed by atoms with E-state index < -0.39 is 4.92 Å². The van der Waals surface area contributed by atoms with Gasteiger partial charge < -0.3 is 4.90 Å². The second-order valence-electron chi connectivity index (χ2n) is 4.46. The molecule has 1 heterocycles. The molecule has 7 nitrogen and oxygen atoms in total. The van der Waals surface area contributed by atoms with Crippen molar-refractivity contribution in [2.24, 2.45) is 0 Å². The van der Waals surface area contributed by atoms with Crippen molar-refractivity contribution in [2.45, 2.75) is 13.5 Å². The van der Waals surface area contributed by atoms with Crippen LogP contribution in [0.15, 0.2) is 30.5 Å². The molecule has 104 valence electrons. The van der Waals surface area contributed by atoms with Gasteiger partial charge in [0.2, 0.25) is 0 Å². The molecule has 0 atom stereocenters. The molecule has 0 saturated carbocycles. The summed E-state index contributed by atoms with van der Waals surface area (Å²) in [6.45, 7) is 1.92. The number of aromatic nitrogens is 2. The normalized spacial score (nSPS) is 10.3. The van der Waals surface area contributed by atoms with Gasteiger partial charge in [0.1, 0.15) is 0 Å². The molecular weight excluding hydrogens is 260 g/mol. The monoisotopic (exact) mass is 274 g/mol. The summed E-state index contributed by atoms with van der Waals surface area (Å²) in [6, 6.07) is 6.38. The Balaban J connectivity index is 2.20. The molecule has 1 aromatic carbocycles. The number of H-pyrrole nitrogens is 1. The summed E-state index contributed by atoms with van der Waals surface area (Å²) >= 11 is 0. The molecule has 0 aliphatic heterocycles. The Morgan fingerprint density at radius 1 is 1.45 bits per heavy atom. The SMILES string of the molecule is Cc1[nH]ncc1C(=O)N(C)Cc1ccccc1[N+](=O)[O-]. The Morgan fingerprint density at radius 2 is 2.15 bits per heavy atom. The number of hydrogen-bond acceptors (Lipinski definition) is 4. The van der Waals surface area contributed by atoms with Crippen molar-refractivity contribution in [1.29, 1.82) is 0 Å². The summed E-state index contributed by atoms with van der Waals surface area (Å²) in [6.07, 6.45) is 1.45. The largest absolute Gasteiger partial charge is 0.337 e. The summed E-state index contributed by atoms with van der Waals surface area (Å²) in [5.41, 5.74) is 1.64. The summed E-state index contributed by atoms with van der Waals surface area (Å²) in [7, 11) is 1.60. The average Bonchev–Trinajstić information content (AvgIpc) is 2.84. The molecule has 0 bridgehead atoms. The van der Waals surface area contributed by atoms with E-state index in [9.17, 15) is 14.9 Å². The van der Waals surface area contributed by atoms with Crippen LogP contribution in [0.25, 0.3) is 0 Å². The molecule has 0 aliphatic rings. The molecule has 20 heavy (non-hydrogen) atoms. The maximum absolute atomic E-state index is 12.2. The fraction of sp³-hybridized carbons (Fsp3) is 0.231. The maximum atomic E-state index is 12.2. The van der Waals surface area contributed by atoms with Crippen molar-refractivity contribution >= 4 is 11.6 Å². The molecule has 1 amide bonds. The average molecular weight is 274 g/mol. The highest BCUT2D eigenvalue weighted by molar-refractivity contribution is 5.94. The number of nitrogens with one attached hydrogen (secondary N) is 1. The van der Waals surface area contributed by atoms with Crippen molar-refractivity contribution in [3.63, 3.8) is 0 Å². The first-order chi connectivity index (χ1) is 9.50. The summed E-state index contributed by atoms with van der Waals surface area (Å²) in [5.74, 6) is -0.227. The van der Waals surface area contributed by atoms with E-state index in [-0.39, 0.29) is 18.1 Å². The van der Waals surface area contributed by atoms with E-state index in [2.05, 4.69) is 10.2 Å². The van der Waals surface area contributed by atoms with Crippen molar-refractivity contribution in [3.8, 4) is 0 Å². The molecule has 0 saturated heterocycles. The van der Waals surface area contributed by atoms with Crippen molar-refractivity contribution in [3.05, 3.63) is 57.4 Å². The zero-order valence-corrected chi connectivity index (χ0v) is 11.2. The molecule has 7 heteroatoms. The fourth-order valence-corrected chi connectivity index (χ4v) is 1.92. The lowest BCUT2D eigenvalue weighted by atomic mass is 10.1. The number of nitro benzene ring substituents is 1. The van der Waals surface area contributed by atoms with Crippen LogP contribution in [0.4, 0.5) is 5.69 Å². The van der Waals surface area contributed by atoms with Gasteiger partial charge in [0, 0.05) is 24.4 Å². The number of benzene rings is 1. The Bertz CT molecular complexity index is 651. The van der Waals surface area contributed by atoms with Crippen LogP contribution in [0.3, 0.4) is 0 Å². The number of hydrogen-bond donors (Lipinski definition) is 1. The highest BCUT2D eigenvalue weighted by atomic mass is 16.6. The number of para-hydroxylation sites is 1. The van der Waals surface area contributed by atoms with Crippen LogP contribution in [0, 0.1) is 17.0 Å². The van der Waals surface area contributed by atoms with E-state index in [4.69, 9.17) is 0 Å². The zero-order chi connectivity index (χ0) is 14.7. The predicted molar refractivity (Wildman–Crippen MR) is 72.2 cm³/mol. The van der Waals surface area contributed by atoms with Gasteiger partial charge >= 0.3 is 0 Å². The highest BCUT2D eigenvalue weighted by Gasteiger charge is 2.19. The molecule has 2 rings (SSSR count). The van der Waals surface area contributed by atoms with Crippen LogP contribution in [0.1, 0.15) is 21.6 Å². The van der Waals surface area contributed by atoms with Crippen molar-refractivity contribution in [1.82, 2.24) is 15.1 Å². The minimum Gasteiger partial charge on any atom is -0.337 e. The van der Waals surface area contributed by atoms with Gasteiger partial charge in [0.15, 0.2) is 0 Å². The fourth-order valence-electron chi connectivity index (χ4n) is 1.92. The molecule has 1 N–H and O–H groups in total. The molecule has 0 aliphatic carbocycles. The van der Waals surface area contributed by atoms with Gasteiger partial charge in [-0.15, -0.1) is 0 Å². The Labute approximate surface area is 115 Å². The number of nitrogens with zero attached hydrogens (tertiary/aromatic N) is 3. The van der Waals surface area contributed by atoms with Gasteiger partial charge in [-0.2, -0.15) is 5.10 Å². The number of carbonyl (C=O) groups excluding carboxylic acids is 1. The molecule has 0 radical (unpaired) electrons. The summed E-state index contributed by atoms with van der Waals surface area (Å²) < 4.78 is 0. The van der Waals surface area contributed by atoms with Gasteiger partial charge in [0.25, 0.3) is 11.6 Å². The van der Waals surface area contributed by atoms with Crippen molar-refractivity contribution < 1.29 is 9.72 Å². The number of nitro groups is 1. The van der Waals surface area contributed by atoms with Gasteiger partial charge in [0.05, 0.1) is 23.2 Å². The lowest BCUT2D eigenvalue weighted by Crippen LogP contribution is -2.26. The third-order valence-electron chi connectivity index (χ3n) is 3.00. The summed E-state index contributed by atoms with van der Waals surface area (Å²) in [4.78, 5) is 24.1. The third kappa shape index (κ3) is 2.66. The van der Waals surface area contributed by atoms with E-state index in [0.29, 0.717) is 16.8 Å². The first-order valence-electron chi connectivity index (χ1n) is 5.98. The molecule has 1 aromatic heterocycles. The number of rotatable bonds is 4. The quantitative estimate of drug-likeness (QED) is 0.680. The van der Waals surface area contributed by atoms with E-state index in [1.54, 1.807) is 32.2 Å². The molecule has 0 unspecified atom stereocenters. The van der Waals surface area contributed by atoms with Gasteiger partial charge in [-0.1, -0.05) is 18.2 Å². The van der Waals surface area contributed by atoms with E-state index in [1.807, 2.05) is 0 Å². The van der Waals surface area contributed by atoms with E-state index in [1.165, 1.54) is 17.2 Å². The lowest BCUT2D eigenvalue weighted by Gasteiger charge is -2.16. The molecular formula is C13H14N4O3. The second kappa shape index (κ2) is 5.52. The van der Waals surface area contributed by atoms with Crippen LogP contribution >= 0.6 is 0 Å². The molecule has 0 fully saturated rings. The topological polar surface area (TPSA) is 92.1 Å². The smallest absolute Gasteiger partial charge is 0.274 e. The standard InChI is InChI=1S/C13H14N4O3/c1-9-11(7-14-15-9)13(18)16(2)8-10-5-3-4-6-12(10)17(19)20/h3-7H,8H2,1-2H3,(H,14,15). The van der Waals surface area contributed by atoms with Crippen LogP contribution in [0.5, 0.6) is 0 Å². The van der Waals surface area contributed by atoms with E-state index >= 15 is 0 Å². The lowest BCUT2D eigenvalue weighted by molar-refractivity contribution is -0.385. The Kier molecular flexibility index (Phi) is 3.79. The summed E-state index contributed by atoms with van der Waals surface area (Å²) in [5, 5.41) is 17.4. The van der Waals surface area contributed by atoms with Gasteiger partial charge in [-0.05, 0) is 6.92 Å². The van der Waals surface area contributed by atoms with E-state index in [0.717, 1.165) is 0 Å². The maximum Gasteiger partial charge on any atom is 0.274 e. The van der Waals surface area contributed by atoms with Crippen LogP contribution in [-0.4, -0.2) is 33.0 Å². The minimum atomic E-state index is -0.448. The zero-order valence-electron chi connectivity index (χ0n) is 11.2. The van der Waals surface area contributed by atoms with Crippen LogP contribution < -0.4 is 0 Å². The van der Waals surface area contributed by atoms with Crippen molar-refractivity contribution in [2.75, 3.05) is 7.05 Å². The molecule has 0 spiro atoms.